The Kier molecular flexibility index (Phi) is 5.71. The van der Waals surface area contributed by atoms with Gasteiger partial charge in [-0.05, 0) is 38.1 Å². The van der Waals surface area contributed by atoms with Crippen LogP contribution in [0.2, 0.25) is 0 Å². The Morgan fingerprint density at radius 3 is 2.52 bits per heavy atom. The topological polar surface area (TPSA) is 94.8 Å². The van der Waals surface area contributed by atoms with Crippen molar-refractivity contribution in [3.8, 4) is 0 Å². The molecule has 1 N–H and O–H groups in total. The Morgan fingerprint density at radius 1 is 1.17 bits per heavy atom. The van der Waals surface area contributed by atoms with Gasteiger partial charge >= 0.3 is 13.2 Å². The third-order valence-electron chi connectivity index (χ3n) is 2.89. The van der Waals surface area contributed by atoms with E-state index in [0.717, 1.165) is 0 Å². The second-order valence-corrected chi connectivity index (χ2v) is 6.71. The minimum absolute atomic E-state index is 0.194. The summed E-state index contributed by atoms with van der Waals surface area (Å²) in [4.78, 5) is 23.2. The molecule has 1 heterocycles. The summed E-state index contributed by atoms with van der Waals surface area (Å²) in [5, 5.41) is 3.30. The van der Waals surface area contributed by atoms with Crippen LogP contribution in [-0.2, 0) is 18.4 Å². The first-order chi connectivity index (χ1) is 11.0. The molecule has 0 fully saturated rings. The van der Waals surface area contributed by atoms with E-state index in [-0.39, 0.29) is 19.4 Å². The van der Waals surface area contributed by atoms with Crippen LogP contribution in [0.4, 0.5) is 5.69 Å². The van der Waals surface area contributed by atoms with Crippen molar-refractivity contribution in [1.82, 2.24) is 0 Å². The molecule has 1 aromatic carbocycles. The summed E-state index contributed by atoms with van der Waals surface area (Å²) in [6, 6.07) is 7.73. The van der Waals surface area contributed by atoms with Crippen molar-refractivity contribution >= 4 is 30.2 Å². The molecule has 2 aromatic rings. The van der Waals surface area contributed by atoms with Crippen molar-refractivity contribution in [3.05, 3.63) is 40.8 Å². The maximum absolute atomic E-state index is 12.3. The highest BCUT2D eigenvalue weighted by molar-refractivity contribution is 7.54. The molecule has 124 valence electrons. The van der Waals surface area contributed by atoms with Gasteiger partial charge in [-0.3, -0.25) is 9.36 Å². The molecule has 1 aromatic heterocycles. The predicted molar refractivity (Wildman–Crippen MR) is 86.8 cm³/mol. The number of fused-ring (bicyclic) bond motifs is 1. The van der Waals surface area contributed by atoms with Gasteiger partial charge in [-0.1, -0.05) is 0 Å². The van der Waals surface area contributed by atoms with Crippen molar-refractivity contribution < 1.29 is 22.8 Å². The Balaban J connectivity index is 2.11. The van der Waals surface area contributed by atoms with E-state index >= 15 is 0 Å². The van der Waals surface area contributed by atoms with Gasteiger partial charge in [0.15, 0.2) is 0 Å². The van der Waals surface area contributed by atoms with Crippen LogP contribution in [-0.4, -0.2) is 25.3 Å². The second kappa shape index (κ2) is 7.55. The molecule has 0 saturated carbocycles. The Morgan fingerprint density at radius 2 is 1.87 bits per heavy atom. The van der Waals surface area contributed by atoms with E-state index in [1.165, 1.54) is 6.07 Å². The Hall–Kier alpha value is -1.95. The molecular formula is C15H18NO6P. The highest BCUT2D eigenvalue weighted by Crippen LogP contribution is 2.47. The Labute approximate surface area is 133 Å². The first-order valence-corrected chi connectivity index (χ1v) is 8.90. The van der Waals surface area contributed by atoms with E-state index in [1.807, 2.05) is 0 Å². The molecule has 1 amide bonds. The molecule has 0 aliphatic rings. The highest BCUT2D eigenvalue weighted by atomic mass is 31.2. The lowest BCUT2D eigenvalue weighted by Crippen LogP contribution is -2.18. The normalized spacial score (nSPS) is 11.6. The predicted octanol–water partition coefficient (Wildman–Crippen LogP) is 3.00. The van der Waals surface area contributed by atoms with Gasteiger partial charge < -0.3 is 18.8 Å². The monoisotopic (exact) mass is 339 g/mol. The average molecular weight is 339 g/mol. The quantitative estimate of drug-likeness (QED) is 0.615. The fourth-order valence-electron chi connectivity index (χ4n) is 2.05. The smallest absolute Gasteiger partial charge is 0.340 e. The number of rotatable bonds is 7. The van der Waals surface area contributed by atoms with Crippen molar-refractivity contribution in [2.75, 3.05) is 24.7 Å². The molecule has 0 atom stereocenters. The van der Waals surface area contributed by atoms with Crippen LogP contribution in [0.5, 0.6) is 0 Å². The second-order valence-electron chi connectivity index (χ2n) is 4.66. The largest absolute Gasteiger partial charge is 0.423 e. The molecule has 23 heavy (non-hydrogen) atoms. The number of nitrogens with one attached hydrogen (secondary N) is 1. The molecule has 0 unspecified atom stereocenters. The number of anilines is 1. The van der Waals surface area contributed by atoms with Gasteiger partial charge in [0.25, 0.3) is 0 Å². The van der Waals surface area contributed by atoms with E-state index < -0.39 is 19.1 Å². The molecular weight excluding hydrogens is 321 g/mol. The molecule has 0 radical (unpaired) electrons. The summed E-state index contributed by atoms with van der Waals surface area (Å²) >= 11 is 0. The van der Waals surface area contributed by atoms with Gasteiger partial charge in [0, 0.05) is 17.1 Å². The molecule has 0 saturated heterocycles. The lowest BCUT2D eigenvalue weighted by atomic mass is 10.2. The molecule has 0 aliphatic heterocycles. The summed E-state index contributed by atoms with van der Waals surface area (Å²) in [5.74, 6) is -0.480. The van der Waals surface area contributed by atoms with Crippen LogP contribution in [0, 0.1) is 0 Å². The molecule has 8 heteroatoms. The van der Waals surface area contributed by atoms with Gasteiger partial charge in [-0.15, -0.1) is 0 Å². The molecule has 0 bridgehead atoms. The SMILES string of the molecule is CCOP(=O)(CC(=O)Nc1ccc2oc(=O)ccc2c1)OCC. The highest BCUT2D eigenvalue weighted by Gasteiger charge is 2.27. The van der Waals surface area contributed by atoms with E-state index in [1.54, 1.807) is 38.1 Å². The summed E-state index contributed by atoms with van der Waals surface area (Å²) in [6.07, 6.45) is -0.364. The number of amides is 1. The zero-order chi connectivity index (χ0) is 16.9. The average Bonchev–Trinajstić information content (AvgIpc) is 2.47. The summed E-state index contributed by atoms with van der Waals surface area (Å²) in [5.41, 5.74) is 0.476. The van der Waals surface area contributed by atoms with Crippen LogP contribution >= 0.6 is 7.60 Å². The molecule has 2 rings (SSSR count). The minimum atomic E-state index is -3.44. The number of benzene rings is 1. The molecule has 0 aliphatic carbocycles. The lowest BCUT2D eigenvalue weighted by Gasteiger charge is -2.16. The molecule has 7 nitrogen and oxygen atoms in total. The zero-order valence-electron chi connectivity index (χ0n) is 12.9. The van der Waals surface area contributed by atoms with Gasteiger partial charge in [-0.2, -0.15) is 0 Å². The van der Waals surface area contributed by atoms with E-state index in [4.69, 9.17) is 13.5 Å². The van der Waals surface area contributed by atoms with E-state index in [2.05, 4.69) is 5.32 Å². The van der Waals surface area contributed by atoms with Gasteiger partial charge in [0.1, 0.15) is 11.7 Å². The van der Waals surface area contributed by atoms with Crippen LogP contribution in [0.1, 0.15) is 13.8 Å². The number of hydrogen-bond acceptors (Lipinski definition) is 6. The summed E-state index contributed by atoms with van der Waals surface area (Å²) in [7, 11) is -3.44. The maximum atomic E-state index is 12.3. The standard InChI is InChI=1S/C15H18NO6P/c1-3-20-23(19,21-4-2)10-14(17)16-12-6-7-13-11(9-12)5-8-15(18)22-13/h5-9H,3-4,10H2,1-2H3,(H,16,17). The summed E-state index contributed by atoms with van der Waals surface area (Å²) in [6.45, 7) is 3.75. The van der Waals surface area contributed by atoms with Crippen LogP contribution < -0.4 is 10.9 Å². The third-order valence-corrected chi connectivity index (χ3v) is 4.87. The lowest BCUT2D eigenvalue weighted by molar-refractivity contribution is -0.114. The molecule has 0 spiro atoms. The van der Waals surface area contributed by atoms with E-state index in [0.29, 0.717) is 16.7 Å². The fraction of sp³-hybridized carbons (Fsp3) is 0.333. The van der Waals surface area contributed by atoms with Crippen molar-refractivity contribution in [2.45, 2.75) is 13.8 Å². The Bertz CT molecular complexity index is 790. The van der Waals surface area contributed by atoms with Crippen molar-refractivity contribution in [2.24, 2.45) is 0 Å². The van der Waals surface area contributed by atoms with Gasteiger partial charge in [0.05, 0.1) is 13.2 Å². The minimum Gasteiger partial charge on any atom is -0.423 e. The summed E-state index contributed by atoms with van der Waals surface area (Å²) < 4.78 is 27.5. The number of carbonyl (C=O) groups excluding carboxylic acids is 1. The van der Waals surface area contributed by atoms with Gasteiger partial charge in [0.2, 0.25) is 5.91 Å². The first-order valence-electron chi connectivity index (χ1n) is 7.17. The number of hydrogen-bond donors (Lipinski definition) is 1. The first kappa shape index (κ1) is 17.4. The fourth-order valence-corrected chi connectivity index (χ4v) is 3.52. The van der Waals surface area contributed by atoms with Crippen molar-refractivity contribution in [3.63, 3.8) is 0 Å². The van der Waals surface area contributed by atoms with E-state index in [9.17, 15) is 14.2 Å². The van der Waals surface area contributed by atoms with Gasteiger partial charge in [-0.25, -0.2) is 4.79 Å². The maximum Gasteiger partial charge on any atom is 0.340 e. The van der Waals surface area contributed by atoms with Crippen LogP contribution in [0.15, 0.2) is 39.5 Å². The third kappa shape index (κ3) is 4.76. The van der Waals surface area contributed by atoms with Crippen LogP contribution in [0.25, 0.3) is 11.0 Å². The zero-order valence-corrected chi connectivity index (χ0v) is 13.8. The number of carbonyl (C=O) groups is 1. The van der Waals surface area contributed by atoms with Crippen molar-refractivity contribution in [1.29, 1.82) is 0 Å². The van der Waals surface area contributed by atoms with Crippen LogP contribution in [0.3, 0.4) is 0 Å².